The molecule has 0 aliphatic rings. The zero-order valence-electron chi connectivity index (χ0n) is 11.0. The first-order chi connectivity index (χ1) is 10.1. The zero-order chi connectivity index (χ0) is 15.2. The molecule has 0 unspecified atom stereocenters. The van der Waals surface area contributed by atoms with Gasteiger partial charge in [-0.2, -0.15) is 0 Å². The molecular formula is C15H12N2O4. The molecule has 0 saturated carbocycles. The van der Waals surface area contributed by atoms with Crippen LogP contribution in [0.3, 0.4) is 0 Å². The summed E-state index contributed by atoms with van der Waals surface area (Å²) in [5.74, 6) is -0.926. The number of nitro groups is 1. The van der Waals surface area contributed by atoms with Gasteiger partial charge in [0, 0.05) is 23.4 Å². The smallest absolute Gasteiger partial charge is 0.270 e. The van der Waals surface area contributed by atoms with Crippen LogP contribution in [0.25, 0.3) is 0 Å². The number of para-hydroxylation sites is 1. The third-order valence-electron chi connectivity index (χ3n) is 2.76. The second kappa shape index (κ2) is 6.42. The van der Waals surface area contributed by atoms with Gasteiger partial charge in [-0.05, 0) is 12.1 Å². The van der Waals surface area contributed by atoms with Crippen molar-refractivity contribution in [1.29, 1.82) is 0 Å². The number of nitrogens with one attached hydrogen (secondary N) is 1. The van der Waals surface area contributed by atoms with Crippen molar-refractivity contribution in [2.75, 3.05) is 5.32 Å². The van der Waals surface area contributed by atoms with E-state index in [0.29, 0.717) is 5.69 Å². The average molecular weight is 284 g/mol. The number of hydrogen-bond donors (Lipinski definition) is 1. The topological polar surface area (TPSA) is 89.3 Å². The highest BCUT2D eigenvalue weighted by atomic mass is 16.6. The molecule has 106 valence electrons. The number of carbonyl (C=O) groups excluding carboxylic acids is 2. The van der Waals surface area contributed by atoms with Gasteiger partial charge in [-0.1, -0.05) is 30.3 Å². The van der Waals surface area contributed by atoms with Crippen LogP contribution in [-0.4, -0.2) is 16.6 Å². The number of nitro benzene ring substituents is 1. The van der Waals surface area contributed by atoms with Gasteiger partial charge in [-0.25, -0.2) is 0 Å². The molecule has 21 heavy (non-hydrogen) atoms. The van der Waals surface area contributed by atoms with Crippen molar-refractivity contribution in [1.82, 2.24) is 0 Å². The number of anilines is 1. The van der Waals surface area contributed by atoms with Gasteiger partial charge in [-0.3, -0.25) is 19.7 Å². The Morgan fingerprint density at radius 2 is 1.76 bits per heavy atom. The minimum Gasteiger partial charge on any atom is -0.326 e. The lowest BCUT2D eigenvalue weighted by molar-refractivity contribution is -0.384. The van der Waals surface area contributed by atoms with E-state index in [1.807, 2.05) is 6.07 Å². The van der Waals surface area contributed by atoms with Crippen LogP contribution in [0.5, 0.6) is 0 Å². The van der Waals surface area contributed by atoms with Gasteiger partial charge in [0.25, 0.3) is 5.69 Å². The molecule has 6 heteroatoms. The third-order valence-corrected chi connectivity index (χ3v) is 2.76. The number of ketones is 1. The Bertz CT molecular complexity index is 683. The lowest BCUT2D eigenvalue weighted by Gasteiger charge is -2.04. The van der Waals surface area contributed by atoms with Crippen molar-refractivity contribution in [3.05, 3.63) is 70.3 Å². The van der Waals surface area contributed by atoms with E-state index in [1.54, 1.807) is 24.3 Å². The van der Waals surface area contributed by atoms with Crippen LogP contribution in [-0.2, 0) is 4.79 Å². The van der Waals surface area contributed by atoms with Gasteiger partial charge in [0.15, 0.2) is 5.78 Å². The van der Waals surface area contributed by atoms with Crippen molar-refractivity contribution >= 4 is 23.1 Å². The molecule has 0 aliphatic carbocycles. The van der Waals surface area contributed by atoms with Crippen molar-refractivity contribution in [2.45, 2.75) is 6.42 Å². The van der Waals surface area contributed by atoms with Crippen LogP contribution in [0, 0.1) is 10.1 Å². The van der Waals surface area contributed by atoms with Gasteiger partial charge < -0.3 is 5.32 Å². The van der Waals surface area contributed by atoms with Crippen molar-refractivity contribution in [3.63, 3.8) is 0 Å². The second-order valence-corrected chi connectivity index (χ2v) is 4.32. The Labute approximate surface area is 120 Å². The van der Waals surface area contributed by atoms with Crippen LogP contribution in [0.1, 0.15) is 16.8 Å². The Kier molecular flexibility index (Phi) is 4.40. The highest BCUT2D eigenvalue weighted by molar-refractivity contribution is 6.11. The molecule has 2 rings (SSSR count). The molecule has 1 N–H and O–H groups in total. The first-order valence-electron chi connectivity index (χ1n) is 6.19. The SMILES string of the molecule is O=C(CC(=O)c1cccc([N+](=O)[O-])c1)Nc1ccccc1. The fourth-order valence-electron chi connectivity index (χ4n) is 1.77. The van der Waals surface area contributed by atoms with Crippen molar-refractivity contribution in [3.8, 4) is 0 Å². The number of hydrogen-bond acceptors (Lipinski definition) is 4. The van der Waals surface area contributed by atoms with E-state index in [2.05, 4.69) is 5.32 Å². The molecule has 2 aromatic rings. The molecule has 2 aromatic carbocycles. The minimum atomic E-state index is -0.583. The summed E-state index contributed by atoms with van der Waals surface area (Å²) in [5.41, 5.74) is 0.561. The zero-order valence-corrected chi connectivity index (χ0v) is 11.0. The molecule has 0 aliphatic heterocycles. The van der Waals surface area contributed by atoms with E-state index >= 15 is 0 Å². The van der Waals surface area contributed by atoms with Crippen LogP contribution in [0.2, 0.25) is 0 Å². The van der Waals surface area contributed by atoms with Gasteiger partial charge in [-0.15, -0.1) is 0 Å². The minimum absolute atomic E-state index is 0.146. The molecule has 0 saturated heterocycles. The Hall–Kier alpha value is -3.02. The Morgan fingerprint density at radius 1 is 1.05 bits per heavy atom. The molecule has 6 nitrogen and oxygen atoms in total. The van der Waals surface area contributed by atoms with Crippen LogP contribution in [0.4, 0.5) is 11.4 Å². The maximum absolute atomic E-state index is 11.9. The maximum atomic E-state index is 11.9. The van der Waals surface area contributed by atoms with E-state index in [4.69, 9.17) is 0 Å². The number of rotatable bonds is 5. The fourth-order valence-corrected chi connectivity index (χ4v) is 1.77. The molecule has 0 spiro atoms. The molecular weight excluding hydrogens is 272 g/mol. The number of nitrogens with zero attached hydrogens (tertiary/aromatic N) is 1. The summed E-state index contributed by atoms with van der Waals surface area (Å²) in [4.78, 5) is 33.8. The largest absolute Gasteiger partial charge is 0.326 e. The summed E-state index contributed by atoms with van der Waals surface area (Å²) in [6.07, 6.45) is -0.365. The normalized spacial score (nSPS) is 9.90. The third kappa shape index (κ3) is 3.97. The number of non-ortho nitro benzene ring substituents is 1. The summed E-state index contributed by atoms with van der Waals surface area (Å²) in [7, 11) is 0. The number of amides is 1. The summed E-state index contributed by atoms with van der Waals surface area (Å²) in [5, 5.41) is 13.2. The fraction of sp³-hybridized carbons (Fsp3) is 0.0667. The van der Waals surface area contributed by atoms with Crippen LogP contribution in [0.15, 0.2) is 54.6 Å². The number of Topliss-reactive ketones (excluding diaryl/α,β-unsaturated/α-hetero) is 1. The Morgan fingerprint density at radius 3 is 2.43 bits per heavy atom. The van der Waals surface area contributed by atoms with Crippen molar-refractivity contribution < 1.29 is 14.5 Å². The summed E-state index contributed by atoms with van der Waals surface area (Å²) < 4.78 is 0. The predicted octanol–water partition coefficient (Wildman–Crippen LogP) is 2.81. The monoisotopic (exact) mass is 284 g/mol. The lowest BCUT2D eigenvalue weighted by atomic mass is 10.1. The first kappa shape index (κ1) is 14.4. The second-order valence-electron chi connectivity index (χ2n) is 4.32. The van der Waals surface area contributed by atoms with Gasteiger partial charge in [0.1, 0.15) is 0 Å². The molecule has 0 heterocycles. The van der Waals surface area contributed by atoms with Gasteiger partial charge in [0.05, 0.1) is 11.3 Å². The van der Waals surface area contributed by atoms with Gasteiger partial charge >= 0.3 is 0 Å². The molecule has 1 amide bonds. The predicted molar refractivity (Wildman–Crippen MR) is 77.1 cm³/mol. The van der Waals surface area contributed by atoms with E-state index in [9.17, 15) is 19.7 Å². The van der Waals surface area contributed by atoms with E-state index in [0.717, 1.165) is 6.07 Å². The van der Waals surface area contributed by atoms with Crippen LogP contribution >= 0.6 is 0 Å². The molecule has 0 fully saturated rings. The van der Waals surface area contributed by atoms with Crippen LogP contribution < -0.4 is 5.32 Å². The van der Waals surface area contributed by atoms with E-state index in [1.165, 1.54) is 18.2 Å². The van der Waals surface area contributed by atoms with Gasteiger partial charge in [0.2, 0.25) is 5.91 Å². The highest BCUT2D eigenvalue weighted by Gasteiger charge is 2.15. The standard InChI is InChI=1S/C15H12N2O4/c18-14(11-5-4-8-13(9-11)17(20)21)10-15(19)16-12-6-2-1-3-7-12/h1-9H,10H2,(H,16,19). The molecule has 0 bridgehead atoms. The van der Waals surface area contributed by atoms with E-state index in [-0.39, 0.29) is 17.7 Å². The molecule has 0 atom stereocenters. The maximum Gasteiger partial charge on any atom is 0.270 e. The van der Waals surface area contributed by atoms with Crippen molar-refractivity contribution in [2.24, 2.45) is 0 Å². The summed E-state index contributed by atoms with van der Waals surface area (Å²) in [6.45, 7) is 0. The molecule has 0 radical (unpaired) electrons. The van der Waals surface area contributed by atoms with E-state index < -0.39 is 16.6 Å². The molecule has 0 aromatic heterocycles. The Balaban J connectivity index is 2.02. The average Bonchev–Trinajstić information content (AvgIpc) is 2.48. The quantitative estimate of drug-likeness (QED) is 0.395. The first-order valence-corrected chi connectivity index (χ1v) is 6.19. The summed E-state index contributed by atoms with van der Waals surface area (Å²) in [6, 6.07) is 14.1. The lowest BCUT2D eigenvalue weighted by Crippen LogP contribution is -2.16. The summed E-state index contributed by atoms with van der Waals surface area (Å²) >= 11 is 0. The number of carbonyl (C=O) groups is 2. The highest BCUT2D eigenvalue weighted by Crippen LogP contribution is 2.15. The number of benzene rings is 2.